The molecule has 2 N–H and O–H groups in total. The quantitative estimate of drug-likeness (QED) is 0.873. The lowest BCUT2D eigenvalue weighted by Gasteiger charge is -2.11. The van der Waals surface area contributed by atoms with Crippen LogP contribution in [0.15, 0.2) is 47.4 Å². The Hall–Kier alpha value is -2.34. The number of nitrogens with one attached hydrogen (secondary N) is 2. The third-order valence-corrected chi connectivity index (χ3v) is 4.99. The zero-order chi connectivity index (χ0) is 17.9. The van der Waals surface area contributed by atoms with Crippen molar-refractivity contribution in [2.45, 2.75) is 38.6 Å². The first-order valence-corrected chi connectivity index (χ1v) is 9.18. The van der Waals surface area contributed by atoms with Crippen LogP contribution in [0.2, 0.25) is 0 Å². The highest BCUT2D eigenvalue weighted by molar-refractivity contribution is 7.92. The van der Waals surface area contributed by atoms with Gasteiger partial charge in [0.25, 0.3) is 15.9 Å². The Morgan fingerprint density at radius 1 is 0.958 bits per heavy atom. The van der Waals surface area contributed by atoms with Gasteiger partial charge < -0.3 is 5.32 Å². The number of benzene rings is 2. The summed E-state index contributed by atoms with van der Waals surface area (Å²) in [5.74, 6) is -0.187. The van der Waals surface area contributed by atoms with Crippen molar-refractivity contribution in [3.05, 3.63) is 59.2 Å². The van der Waals surface area contributed by atoms with Crippen molar-refractivity contribution in [2.24, 2.45) is 0 Å². The standard InChI is InChI=1S/C18H22N2O3S/c1-12(2)19-18(21)15-6-8-16(9-7-15)20-24(22,23)17-10-5-13(3)14(4)11-17/h5-12,20H,1-4H3,(H,19,21). The Labute approximate surface area is 143 Å². The highest BCUT2D eigenvalue weighted by atomic mass is 32.2. The number of carbonyl (C=O) groups is 1. The van der Waals surface area contributed by atoms with Crippen molar-refractivity contribution in [1.29, 1.82) is 0 Å². The van der Waals surface area contributed by atoms with E-state index in [-0.39, 0.29) is 16.8 Å². The highest BCUT2D eigenvalue weighted by Crippen LogP contribution is 2.19. The third kappa shape index (κ3) is 4.35. The molecule has 0 radical (unpaired) electrons. The van der Waals surface area contributed by atoms with Crippen molar-refractivity contribution >= 4 is 21.6 Å². The predicted octanol–water partition coefficient (Wildman–Crippen LogP) is 3.24. The molecule has 128 valence electrons. The average Bonchev–Trinajstić information content (AvgIpc) is 2.49. The summed E-state index contributed by atoms with van der Waals surface area (Å²) in [6.45, 7) is 7.56. The first kappa shape index (κ1) is 18.0. The Bertz CT molecular complexity index is 841. The predicted molar refractivity (Wildman–Crippen MR) is 95.8 cm³/mol. The van der Waals surface area contributed by atoms with E-state index in [4.69, 9.17) is 0 Å². The number of hydrogen-bond donors (Lipinski definition) is 2. The molecular formula is C18H22N2O3S. The van der Waals surface area contributed by atoms with Crippen molar-refractivity contribution in [1.82, 2.24) is 5.32 Å². The molecular weight excluding hydrogens is 324 g/mol. The summed E-state index contributed by atoms with van der Waals surface area (Å²) >= 11 is 0. The van der Waals surface area contributed by atoms with Crippen molar-refractivity contribution in [3.8, 4) is 0 Å². The summed E-state index contributed by atoms with van der Waals surface area (Å²) in [5.41, 5.74) is 2.85. The summed E-state index contributed by atoms with van der Waals surface area (Å²) in [6, 6.07) is 11.4. The Morgan fingerprint density at radius 3 is 2.12 bits per heavy atom. The number of rotatable bonds is 5. The van der Waals surface area contributed by atoms with Gasteiger partial charge >= 0.3 is 0 Å². The van der Waals surface area contributed by atoms with Gasteiger partial charge in [0, 0.05) is 17.3 Å². The molecule has 0 bridgehead atoms. The van der Waals surface area contributed by atoms with Crippen LogP contribution in [-0.4, -0.2) is 20.4 Å². The number of anilines is 1. The van der Waals surface area contributed by atoms with E-state index in [0.717, 1.165) is 11.1 Å². The second kappa shape index (κ2) is 7.05. The van der Waals surface area contributed by atoms with Crippen LogP contribution < -0.4 is 10.0 Å². The maximum Gasteiger partial charge on any atom is 0.261 e. The molecule has 0 aromatic heterocycles. The number of aryl methyl sites for hydroxylation is 2. The van der Waals surface area contributed by atoms with E-state index in [9.17, 15) is 13.2 Å². The van der Waals surface area contributed by atoms with E-state index < -0.39 is 10.0 Å². The molecule has 24 heavy (non-hydrogen) atoms. The second-order valence-corrected chi connectivity index (χ2v) is 7.74. The smallest absolute Gasteiger partial charge is 0.261 e. The molecule has 0 heterocycles. The van der Waals surface area contributed by atoms with E-state index in [1.165, 1.54) is 0 Å². The second-order valence-electron chi connectivity index (χ2n) is 6.06. The maximum atomic E-state index is 12.4. The lowest BCUT2D eigenvalue weighted by atomic mass is 10.1. The number of sulfonamides is 1. The molecule has 2 aromatic rings. The Morgan fingerprint density at radius 2 is 1.58 bits per heavy atom. The van der Waals surface area contributed by atoms with E-state index in [2.05, 4.69) is 10.0 Å². The van der Waals surface area contributed by atoms with Crippen LogP contribution in [0.1, 0.15) is 35.3 Å². The van der Waals surface area contributed by atoms with Crippen molar-refractivity contribution in [3.63, 3.8) is 0 Å². The van der Waals surface area contributed by atoms with E-state index >= 15 is 0 Å². The fraction of sp³-hybridized carbons (Fsp3) is 0.278. The van der Waals surface area contributed by atoms with Crippen LogP contribution in [-0.2, 0) is 10.0 Å². The first-order chi connectivity index (χ1) is 11.2. The highest BCUT2D eigenvalue weighted by Gasteiger charge is 2.15. The molecule has 0 atom stereocenters. The summed E-state index contributed by atoms with van der Waals surface area (Å²) < 4.78 is 27.4. The molecule has 1 amide bonds. The van der Waals surface area contributed by atoms with Gasteiger partial charge in [0.2, 0.25) is 0 Å². The van der Waals surface area contributed by atoms with Crippen LogP contribution in [0, 0.1) is 13.8 Å². The zero-order valence-electron chi connectivity index (χ0n) is 14.3. The monoisotopic (exact) mass is 346 g/mol. The van der Waals surface area contributed by atoms with Gasteiger partial charge in [0.1, 0.15) is 0 Å². The molecule has 0 aliphatic carbocycles. The first-order valence-electron chi connectivity index (χ1n) is 7.70. The third-order valence-electron chi connectivity index (χ3n) is 3.61. The minimum absolute atomic E-state index is 0.0421. The topological polar surface area (TPSA) is 75.3 Å². The fourth-order valence-corrected chi connectivity index (χ4v) is 3.27. The van der Waals surface area contributed by atoms with Crippen LogP contribution in [0.3, 0.4) is 0 Å². The molecule has 6 heteroatoms. The molecule has 0 aliphatic heterocycles. The van der Waals surface area contributed by atoms with Gasteiger partial charge in [-0.05, 0) is 75.2 Å². The molecule has 2 rings (SSSR count). The minimum atomic E-state index is -3.66. The molecule has 0 spiro atoms. The molecule has 0 aliphatic rings. The molecule has 0 saturated heterocycles. The molecule has 5 nitrogen and oxygen atoms in total. The summed E-state index contributed by atoms with van der Waals surface area (Å²) in [4.78, 5) is 12.1. The van der Waals surface area contributed by atoms with Crippen LogP contribution in [0.5, 0.6) is 0 Å². The molecule has 0 unspecified atom stereocenters. The van der Waals surface area contributed by atoms with Gasteiger partial charge in [-0.25, -0.2) is 8.42 Å². The number of carbonyl (C=O) groups excluding carboxylic acids is 1. The van der Waals surface area contributed by atoms with E-state index in [1.54, 1.807) is 42.5 Å². The number of amides is 1. The van der Waals surface area contributed by atoms with Gasteiger partial charge in [0.15, 0.2) is 0 Å². The van der Waals surface area contributed by atoms with Crippen LogP contribution >= 0.6 is 0 Å². The number of hydrogen-bond acceptors (Lipinski definition) is 3. The van der Waals surface area contributed by atoms with Gasteiger partial charge in [-0.15, -0.1) is 0 Å². The summed E-state index contributed by atoms with van der Waals surface area (Å²) in [7, 11) is -3.66. The lowest BCUT2D eigenvalue weighted by Crippen LogP contribution is -2.30. The lowest BCUT2D eigenvalue weighted by molar-refractivity contribution is 0.0943. The summed E-state index contributed by atoms with van der Waals surface area (Å²) in [5, 5.41) is 2.79. The fourth-order valence-electron chi connectivity index (χ4n) is 2.13. The normalized spacial score (nSPS) is 11.4. The van der Waals surface area contributed by atoms with Gasteiger partial charge in [0.05, 0.1) is 4.90 Å². The average molecular weight is 346 g/mol. The van der Waals surface area contributed by atoms with Crippen molar-refractivity contribution in [2.75, 3.05) is 4.72 Å². The van der Waals surface area contributed by atoms with Gasteiger partial charge in [-0.2, -0.15) is 0 Å². The Kier molecular flexibility index (Phi) is 5.29. The minimum Gasteiger partial charge on any atom is -0.350 e. The SMILES string of the molecule is Cc1ccc(S(=O)(=O)Nc2ccc(C(=O)NC(C)C)cc2)cc1C. The molecule has 0 saturated carbocycles. The zero-order valence-corrected chi connectivity index (χ0v) is 15.1. The van der Waals surface area contributed by atoms with Crippen LogP contribution in [0.4, 0.5) is 5.69 Å². The molecule has 0 fully saturated rings. The van der Waals surface area contributed by atoms with E-state index in [1.807, 2.05) is 27.7 Å². The van der Waals surface area contributed by atoms with Crippen LogP contribution in [0.25, 0.3) is 0 Å². The van der Waals surface area contributed by atoms with Crippen molar-refractivity contribution < 1.29 is 13.2 Å². The van der Waals surface area contributed by atoms with Gasteiger partial charge in [-0.1, -0.05) is 6.07 Å². The van der Waals surface area contributed by atoms with E-state index in [0.29, 0.717) is 11.3 Å². The maximum absolute atomic E-state index is 12.4. The Balaban J connectivity index is 2.18. The largest absolute Gasteiger partial charge is 0.350 e. The van der Waals surface area contributed by atoms with Gasteiger partial charge in [-0.3, -0.25) is 9.52 Å². The molecule has 2 aromatic carbocycles. The summed E-state index contributed by atoms with van der Waals surface area (Å²) in [6.07, 6.45) is 0.